The summed E-state index contributed by atoms with van der Waals surface area (Å²) < 4.78 is 0. The summed E-state index contributed by atoms with van der Waals surface area (Å²) >= 11 is 5.76. The van der Waals surface area contributed by atoms with Crippen LogP contribution in [-0.2, 0) is 0 Å². The Kier molecular flexibility index (Phi) is 4.22. The summed E-state index contributed by atoms with van der Waals surface area (Å²) in [5, 5.41) is 13.2. The summed E-state index contributed by atoms with van der Waals surface area (Å²) in [5.41, 5.74) is 7.22. The molecule has 0 saturated carbocycles. The van der Waals surface area contributed by atoms with E-state index in [-0.39, 0.29) is 11.9 Å². The molecule has 2 aromatic rings. The number of halogens is 1. The standard InChI is InChI=1S/C14H13ClN4O/c15-10-3-7-12(8-4-10)19-14(20)18-11-5-1-9(2-6-11)13(16)17/h1-8H,(H3,16,17)(H2,18,19,20). The van der Waals surface area contributed by atoms with Gasteiger partial charge in [-0.15, -0.1) is 0 Å². The SMILES string of the molecule is N=C(N)c1ccc(NC(=O)Nc2ccc(Cl)cc2)cc1. The maximum absolute atomic E-state index is 11.8. The van der Waals surface area contributed by atoms with E-state index in [0.717, 1.165) is 0 Å². The van der Waals surface area contributed by atoms with Crippen LogP contribution in [-0.4, -0.2) is 11.9 Å². The van der Waals surface area contributed by atoms with Crippen molar-refractivity contribution in [2.75, 3.05) is 10.6 Å². The van der Waals surface area contributed by atoms with Crippen molar-refractivity contribution in [3.8, 4) is 0 Å². The maximum Gasteiger partial charge on any atom is 0.323 e. The van der Waals surface area contributed by atoms with Gasteiger partial charge in [0.1, 0.15) is 5.84 Å². The number of amides is 2. The summed E-state index contributed by atoms with van der Waals surface area (Å²) in [6, 6.07) is 13.1. The topological polar surface area (TPSA) is 91.0 Å². The smallest absolute Gasteiger partial charge is 0.323 e. The van der Waals surface area contributed by atoms with Gasteiger partial charge >= 0.3 is 6.03 Å². The first-order chi connectivity index (χ1) is 9.54. The Morgan fingerprint density at radius 3 is 1.85 bits per heavy atom. The minimum atomic E-state index is -0.358. The Bertz CT molecular complexity index is 623. The fourth-order valence-corrected chi connectivity index (χ4v) is 1.69. The van der Waals surface area contributed by atoms with Gasteiger partial charge in [0.2, 0.25) is 0 Å². The average Bonchev–Trinajstić information content (AvgIpc) is 2.42. The molecule has 102 valence electrons. The Labute approximate surface area is 121 Å². The summed E-state index contributed by atoms with van der Waals surface area (Å²) in [6.45, 7) is 0. The minimum absolute atomic E-state index is 0.0119. The first-order valence-corrected chi connectivity index (χ1v) is 6.20. The molecule has 6 heteroatoms. The van der Waals surface area contributed by atoms with Crippen LogP contribution in [0.3, 0.4) is 0 Å². The second-order valence-corrected chi connectivity index (χ2v) is 4.51. The number of benzene rings is 2. The lowest BCUT2D eigenvalue weighted by molar-refractivity contribution is 0.262. The van der Waals surface area contributed by atoms with Gasteiger partial charge in [-0.2, -0.15) is 0 Å². The van der Waals surface area contributed by atoms with Crippen molar-refractivity contribution in [3.05, 3.63) is 59.1 Å². The van der Waals surface area contributed by atoms with Crippen LogP contribution < -0.4 is 16.4 Å². The van der Waals surface area contributed by atoms with E-state index in [1.165, 1.54) is 0 Å². The molecule has 0 unspecified atom stereocenters. The number of carbonyl (C=O) groups excluding carboxylic acids is 1. The minimum Gasteiger partial charge on any atom is -0.384 e. The summed E-state index contributed by atoms with van der Waals surface area (Å²) in [7, 11) is 0. The van der Waals surface area contributed by atoms with Crippen LogP contribution in [0, 0.1) is 5.41 Å². The molecule has 0 saturated heterocycles. The molecule has 5 N–H and O–H groups in total. The third-order valence-corrected chi connectivity index (χ3v) is 2.81. The van der Waals surface area contributed by atoms with Gasteiger partial charge in [0.05, 0.1) is 0 Å². The number of amidine groups is 1. The molecule has 0 heterocycles. The highest BCUT2D eigenvalue weighted by Crippen LogP contribution is 2.14. The Hall–Kier alpha value is -2.53. The number of carbonyl (C=O) groups is 1. The molecule has 0 radical (unpaired) electrons. The van der Waals surface area contributed by atoms with E-state index in [4.69, 9.17) is 22.7 Å². The second-order valence-electron chi connectivity index (χ2n) is 4.08. The number of hydrogen-bond acceptors (Lipinski definition) is 2. The van der Waals surface area contributed by atoms with Crippen LogP contribution in [0.4, 0.5) is 16.2 Å². The fraction of sp³-hybridized carbons (Fsp3) is 0. The van der Waals surface area contributed by atoms with Crippen LogP contribution >= 0.6 is 11.6 Å². The van der Waals surface area contributed by atoms with E-state index in [9.17, 15) is 4.79 Å². The van der Waals surface area contributed by atoms with Gasteiger partial charge in [0.25, 0.3) is 0 Å². The van der Waals surface area contributed by atoms with Crippen LogP contribution in [0.5, 0.6) is 0 Å². The molecule has 0 atom stereocenters. The molecule has 0 fully saturated rings. The Morgan fingerprint density at radius 1 is 0.950 bits per heavy atom. The highest BCUT2D eigenvalue weighted by atomic mass is 35.5. The largest absolute Gasteiger partial charge is 0.384 e. The van der Waals surface area contributed by atoms with Crippen molar-refractivity contribution in [3.63, 3.8) is 0 Å². The number of nitrogen functional groups attached to an aromatic ring is 1. The van der Waals surface area contributed by atoms with Gasteiger partial charge in [-0.25, -0.2) is 4.79 Å². The lowest BCUT2D eigenvalue weighted by atomic mass is 10.2. The van der Waals surface area contributed by atoms with E-state index >= 15 is 0 Å². The highest BCUT2D eigenvalue weighted by Gasteiger charge is 2.03. The van der Waals surface area contributed by atoms with Gasteiger partial charge in [0, 0.05) is 22.0 Å². The Balaban J connectivity index is 1.97. The molecule has 0 aromatic heterocycles. The zero-order chi connectivity index (χ0) is 14.5. The Morgan fingerprint density at radius 2 is 1.40 bits per heavy atom. The van der Waals surface area contributed by atoms with Crippen LogP contribution in [0.25, 0.3) is 0 Å². The number of urea groups is 1. The van der Waals surface area contributed by atoms with Gasteiger partial charge in [-0.3, -0.25) is 5.41 Å². The van der Waals surface area contributed by atoms with Gasteiger partial charge < -0.3 is 16.4 Å². The number of rotatable bonds is 3. The number of anilines is 2. The molecule has 5 nitrogen and oxygen atoms in total. The molecular formula is C14H13ClN4O. The van der Waals surface area contributed by atoms with E-state index in [0.29, 0.717) is 22.0 Å². The number of nitrogens with one attached hydrogen (secondary N) is 3. The van der Waals surface area contributed by atoms with Crippen molar-refractivity contribution < 1.29 is 4.79 Å². The maximum atomic E-state index is 11.8. The van der Waals surface area contributed by atoms with Crippen molar-refractivity contribution in [2.45, 2.75) is 0 Å². The zero-order valence-electron chi connectivity index (χ0n) is 10.5. The molecule has 0 bridgehead atoms. The van der Waals surface area contributed by atoms with E-state index in [2.05, 4.69) is 10.6 Å². The molecule has 0 spiro atoms. The van der Waals surface area contributed by atoms with Crippen LogP contribution in [0.2, 0.25) is 5.02 Å². The molecule has 0 aliphatic carbocycles. The molecule has 0 aliphatic heterocycles. The third-order valence-electron chi connectivity index (χ3n) is 2.56. The first kappa shape index (κ1) is 13.9. The lowest BCUT2D eigenvalue weighted by Gasteiger charge is -2.08. The monoisotopic (exact) mass is 288 g/mol. The van der Waals surface area contributed by atoms with Crippen molar-refractivity contribution in [2.24, 2.45) is 5.73 Å². The first-order valence-electron chi connectivity index (χ1n) is 5.82. The lowest BCUT2D eigenvalue weighted by Crippen LogP contribution is -2.19. The van der Waals surface area contributed by atoms with E-state index < -0.39 is 0 Å². The predicted molar refractivity (Wildman–Crippen MR) is 81.6 cm³/mol. The molecule has 0 aliphatic rings. The van der Waals surface area contributed by atoms with Crippen LogP contribution in [0.15, 0.2) is 48.5 Å². The van der Waals surface area contributed by atoms with Crippen LogP contribution in [0.1, 0.15) is 5.56 Å². The fourth-order valence-electron chi connectivity index (χ4n) is 1.56. The molecule has 2 amide bonds. The van der Waals surface area contributed by atoms with Crippen molar-refractivity contribution in [1.29, 1.82) is 5.41 Å². The quantitative estimate of drug-likeness (QED) is 0.516. The number of hydrogen-bond donors (Lipinski definition) is 4. The normalized spacial score (nSPS) is 9.85. The predicted octanol–water partition coefficient (Wildman–Crippen LogP) is 3.27. The highest BCUT2D eigenvalue weighted by molar-refractivity contribution is 6.30. The van der Waals surface area contributed by atoms with Gasteiger partial charge in [0.15, 0.2) is 0 Å². The molecular weight excluding hydrogens is 276 g/mol. The summed E-state index contributed by atoms with van der Waals surface area (Å²) in [6.07, 6.45) is 0. The zero-order valence-corrected chi connectivity index (χ0v) is 11.2. The average molecular weight is 289 g/mol. The second kappa shape index (κ2) is 6.08. The molecule has 2 rings (SSSR count). The van der Waals surface area contributed by atoms with E-state index in [1.54, 1.807) is 48.5 Å². The van der Waals surface area contributed by atoms with E-state index in [1.807, 2.05) is 0 Å². The van der Waals surface area contributed by atoms with Gasteiger partial charge in [-0.1, -0.05) is 11.6 Å². The number of nitrogens with two attached hydrogens (primary N) is 1. The molecule has 20 heavy (non-hydrogen) atoms. The summed E-state index contributed by atoms with van der Waals surface area (Å²) in [4.78, 5) is 11.8. The van der Waals surface area contributed by atoms with Crippen molar-refractivity contribution >= 4 is 34.8 Å². The summed E-state index contributed by atoms with van der Waals surface area (Å²) in [5.74, 6) is -0.0119. The van der Waals surface area contributed by atoms with Crippen molar-refractivity contribution in [1.82, 2.24) is 0 Å². The van der Waals surface area contributed by atoms with Gasteiger partial charge in [-0.05, 0) is 48.5 Å². The third kappa shape index (κ3) is 3.73. The molecule has 2 aromatic carbocycles.